The molecule has 0 aliphatic carbocycles. The van der Waals surface area contributed by atoms with Gasteiger partial charge in [-0.2, -0.15) is 0 Å². The summed E-state index contributed by atoms with van der Waals surface area (Å²) in [5.74, 6) is 0.113. The van der Waals surface area contributed by atoms with Crippen LogP contribution in [0.4, 0.5) is 4.39 Å². The van der Waals surface area contributed by atoms with Gasteiger partial charge in [-0.15, -0.1) is 0 Å². The van der Waals surface area contributed by atoms with Crippen LogP contribution in [0.25, 0.3) is 11.1 Å². The van der Waals surface area contributed by atoms with Gasteiger partial charge in [-0.3, -0.25) is 0 Å². The summed E-state index contributed by atoms with van der Waals surface area (Å²) in [5, 5.41) is 0. The smallest absolute Gasteiger partial charge is 0.241 e. The maximum atomic E-state index is 12.8. The fourth-order valence-corrected chi connectivity index (χ4v) is 3.08. The molecule has 5 nitrogen and oxygen atoms in total. The van der Waals surface area contributed by atoms with Crippen molar-refractivity contribution in [2.75, 3.05) is 0 Å². The van der Waals surface area contributed by atoms with Gasteiger partial charge in [0.25, 0.3) is 0 Å². The second-order valence-corrected chi connectivity index (χ2v) is 6.58. The third-order valence-corrected chi connectivity index (χ3v) is 4.56. The minimum atomic E-state index is -3.68. The predicted molar refractivity (Wildman–Crippen MR) is 79.2 cm³/mol. The Morgan fingerprint density at radius 2 is 1.91 bits per heavy atom. The topological polar surface area (TPSA) is 72.2 Å². The number of nitrogens with zero attached hydrogens (tertiary/aromatic N) is 1. The summed E-state index contributed by atoms with van der Waals surface area (Å²) in [6, 6.07) is 10.1. The number of sulfonamides is 1. The van der Waals surface area contributed by atoms with Crippen LogP contribution >= 0.6 is 0 Å². The van der Waals surface area contributed by atoms with Gasteiger partial charge >= 0.3 is 0 Å². The second-order valence-electron chi connectivity index (χ2n) is 4.81. The summed E-state index contributed by atoms with van der Waals surface area (Å²) in [4.78, 5) is 4.22. The van der Waals surface area contributed by atoms with Gasteiger partial charge in [-0.05, 0) is 29.8 Å². The van der Waals surface area contributed by atoms with Crippen molar-refractivity contribution in [2.24, 2.45) is 0 Å². The molecule has 2 aromatic carbocycles. The minimum absolute atomic E-state index is 0.0794. The lowest BCUT2D eigenvalue weighted by Crippen LogP contribution is -2.23. The first-order valence-corrected chi connectivity index (χ1v) is 8.04. The maximum absolute atomic E-state index is 12.8. The first kappa shape index (κ1) is 14.7. The van der Waals surface area contributed by atoms with Crippen molar-refractivity contribution < 1.29 is 17.2 Å². The zero-order valence-corrected chi connectivity index (χ0v) is 12.5. The summed E-state index contributed by atoms with van der Waals surface area (Å²) in [7, 11) is -3.68. The van der Waals surface area contributed by atoms with E-state index in [0.29, 0.717) is 22.6 Å². The Balaban J connectivity index is 1.82. The van der Waals surface area contributed by atoms with Crippen molar-refractivity contribution in [2.45, 2.75) is 18.4 Å². The van der Waals surface area contributed by atoms with Gasteiger partial charge in [-0.1, -0.05) is 12.1 Å². The molecule has 0 saturated carbocycles. The number of halogens is 1. The molecule has 3 rings (SSSR count). The van der Waals surface area contributed by atoms with E-state index in [9.17, 15) is 12.8 Å². The van der Waals surface area contributed by atoms with Crippen LogP contribution in [-0.4, -0.2) is 13.4 Å². The van der Waals surface area contributed by atoms with Crippen LogP contribution in [0.1, 0.15) is 11.5 Å². The van der Waals surface area contributed by atoms with Gasteiger partial charge < -0.3 is 4.42 Å². The number of aryl methyl sites for hydroxylation is 1. The molecule has 1 N–H and O–H groups in total. The molecule has 0 unspecified atom stereocenters. The van der Waals surface area contributed by atoms with Gasteiger partial charge in [0.15, 0.2) is 11.5 Å². The standard InChI is InChI=1S/C15H13FN2O3S/c1-10-18-14-7-6-13(8-15(14)21-10)22(19,20)17-9-11-2-4-12(16)5-3-11/h2-8,17H,9H2,1H3. The summed E-state index contributed by atoms with van der Waals surface area (Å²) in [6.45, 7) is 1.77. The Hall–Kier alpha value is -2.25. The van der Waals surface area contributed by atoms with E-state index in [0.717, 1.165) is 0 Å². The zero-order chi connectivity index (χ0) is 15.7. The van der Waals surface area contributed by atoms with Crippen molar-refractivity contribution in [1.82, 2.24) is 9.71 Å². The van der Waals surface area contributed by atoms with E-state index < -0.39 is 10.0 Å². The lowest BCUT2D eigenvalue weighted by atomic mass is 10.2. The Kier molecular flexibility index (Phi) is 3.67. The van der Waals surface area contributed by atoms with E-state index in [-0.39, 0.29) is 17.3 Å². The molecule has 22 heavy (non-hydrogen) atoms. The van der Waals surface area contributed by atoms with E-state index >= 15 is 0 Å². The quantitative estimate of drug-likeness (QED) is 0.802. The third-order valence-electron chi connectivity index (χ3n) is 3.16. The largest absolute Gasteiger partial charge is 0.441 e. The molecule has 1 aromatic heterocycles. The van der Waals surface area contributed by atoms with Gasteiger partial charge in [0.2, 0.25) is 10.0 Å². The van der Waals surface area contributed by atoms with Crippen LogP contribution in [0.3, 0.4) is 0 Å². The molecule has 0 spiro atoms. The Bertz CT molecular complexity index is 918. The van der Waals surface area contributed by atoms with Crippen molar-refractivity contribution in [1.29, 1.82) is 0 Å². The monoisotopic (exact) mass is 320 g/mol. The lowest BCUT2D eigenvalue weighted by molar-refractivity contribution is 0.558. The summed E-state index contributed by atoms with van der Waals surface area (Å²) >= 11 is 0. The highest BCUT2D eigenvalue weighted by Crippen LogP contribution is 2.20. The van der Waals surface area contributed by atoms with Crippen LogP contribution in [0.15, 0.2) is 51.8 Å². The number of benzene rings is 2. The van der Waals surface area contributed by atoms with E-state index in [1.165, 1.54) is 36.4 Å². The predicted octanol–water partition coefficient (Wildman–Crippen LogP) is 2.75. The second kappa shape index (κ2) is 5.51. The van der Waals surface area contributed by atoms with Crippen LogP contribution < -0.4 is 4.72 Å². The number of hydrogen-bond donors (Lipinski definition) is 1. The van der Waals surface area contributed by atoms with E-state index in [1.54, 1.807) is 13.0 Å². The van der Waals surface area contributed by atoms with Crippen molar-refractivity contribution >= 4 is 21.1 Å². The summed E-state index contributed by atoms with van der Waals surface area (Å²) < 4.78 is 45.2. The van der Waals surface area contributed by atoms with Crippen LogP contribution in [0, 0.1) is 12.7 Å². The van der Waals surface area contributed by atoms with Crippen LogP contribution in [-0.2, 0) is 16.6 Å². The third kappa shape index (κ3) is 3.00. The molecule has 0 bridgehead atoms. The minimum Gasteiger partial charge on any atom is -0.441 e. The van der Waals surface area contributed by atoms with Crippen molar-refractivity contribution in [3.05, 3.63) is 59.7 Å². The van der Waals surface area contributed by atoms with E-state index in [4.69, 9.17) is 4.42 Å². The Morgan fingerprint density at radius 3 is 2.64 bits per heavy atom. The average Bonchev–Trinajstić information content (AvgIpc) is 2.86. The number of nitrogens with one attached hydrogen (secondary N) is 1. The molecule has 0 aliphatic heterocycles. The number of hydrogen-bond acceptors (Lipinski definition) is 4. The van der Waals surface area contributed by atoms with Crippen molar-refractivity contribution in [3.8, 4) is 0 Å². The molecule has 3 aromatic rings. The number of oxazole rings is 1. The molecule has 114 valence electrons. The van der Waals surface area contributed by atoms with E-state index in [1.807, 2.05) is 0 Å². The number of aromatic nitrogens is 1. The van der Waals surface area contributed by atoms with Gasteiger partial charge in [0.05, 0.1) is 4.90 Å². The highest BCUT2D eigenvalue weighted by molar-refractivity contribution is 7.89. The molecule has 0 aliphatic rings. The summed E-state index contributed by atoms with van der Waals surface area (Å²) in [6.07, 6.45) is 0. The Labute approximate surface area is 126 Å². The lowest BCUT2D eigenvalue weighted by Gasteiger charge is -2.06. The number of rotatable bonds is 4. The molecule has 0 atom stereocenters. The van der Waals surface area contributed by atoms with Gasteiger partial charge in [0.1, 0.15) is 11.3 Å². The molecule has 0 radical (unpaired) electrons. The fourth-order valence-electron chi connectivity index (χ4n) is 2.05. The molecular weight excluding hydrogens is 307 g/mol. The molecule has 7 heteroatoms. The SMILES string of the molecule is Cc1nc2ccc(S(=O)(=O)NCc3ccc(F)cc3)cc2o1. The highest BCUT2D eigenvalue weighted by atomic mass is 32.2. The van der Waals surface area contributed by atoms with Crippen LogP contribution in [0.5, 0.6) is 0 Å². The molecule has 0 amide bonds. The molecule has 0 fully saturated rings. The van der Waals surface area contributed by atoms with Crippen molar-refractivity contribution in [3.63, 3.8) is 0 Å². The zero-order valence-electron chi connectivity index (χ0n) is 11.7. The average molecular weight is 320 g/mol. The first-order chi connectivity index (χ1) is 10.4. The van der Waals surface area contributed by atoms with Crippen LogP contribution in [0.2, 0.25) is 0 Å². The summed E-state index contributed by atoms with van der Waals surface area (Å²) in [5.41, 5.74) is 1.69. The maximum Gasteiger partial charge on any atom is 0.241 e. The Morgan fingerprint density at radius 1 is 1.18 bits per heavy atom. The first-order valence-electron chi connectivity index (χ1n) is 6.55. The molecular formula is C15H13FN2O3S. The van der Waals surface area contributed by atoms with Gasteiger partial charge in [0, 0.05) is 19.5 Å². The normalized spacial score (nSPS) is 11.9. The van der Waals surface area contributed by atoms with E-state index in [2.05, 4.69) is 9.71 Å². The highest BCUT2D eigenvalue weighted by Gasteiger charge is 2.15. The molecule has 1 heterocycles. The van der Waals surface area contributed by atoms with Gasteiger partial charge in [-0.25, -0.2) is 22.5 Å². The number of fused-ring (bicyclic) bond motifs is 1. The molecule has 0 saturated heterocycles. The fraction of sp³-hybridized carbons (Fsp3) is 0.133.